The van der Waals surface area contributed by atoms with Crippen LogP contribution in [0.3, 0.4) is 0 Å². The second-order valence-corrected chi connectivity index (χ2v) is 5.56. The average Bonchev–Trinajstić information content (AvgIpc) is 2.14. The van der Waals surface area contributed by atoms with E-state index < -0.39 is 0 Å². The summed E-state index contributed by atoms with van der Waals surface area (Å²) >= 11 is 0. The molecule has 0 aliphatic rings. The van der Waals surface area contributed by atoms with Gasteiger partial charge in [-0.1, -0.05) is 40.0 Å². The van der Waals surface area contributed by atoms with Gasteiger partial charge < -0.3 is 0 Å². The van der Waals surface area contributed by atoms with E-state index >= 15 is 0 Å². The number of hydrogen-bond acceptors (Lipinski definition) is 5. The quantitative estimate of drug-likeness (QED) is 0.283. The first-order valence-corrected chi connectivity index (χ1v) is 7.12. The molecule has 1 unspecified atom stereocenters. The van der Waals surface area contributed by atoms with Crippen molar-refractivity contribution in [2.24, 2.45) is 5.92 Å². The molecule has 0 aliphatic carbocycles. The van der Waals surface area contributed by atoms with Gasteiger partial charge in [0.25, 0.3) is 0 Å². The molecule has 80 valence electrons. The van der Waals surface area contributed by atoms with Crippen molar-refractivity contribution in [2.75, 3.05) is 18.6 Å². The van der Waals surface area contributed by atoms with Gasteiger partial charge in [0.05, 0.1) is 6.61 Å². The van der Waals surface area contributed by atoms with Crippen LogP contribution in [0.25, 0.3) is 0 Å². The van der Waals surface area contributed by atoms with Gasteiger partial charge >= 0.3 is 0 Å². The van der Waals surface area contributed by atoms with Gasteiger partial charge in [-0.05, 0) is 25.0 Å². The van der Waals surface area contributed by atoms with Gasteiger partial charge in [0.15, 0.2) is 0 Å². The Morgan fingerprint density at radius 3 is 2.77 bits per heavy atom. The van der Waals surface area contributed by atoms with Crippen LogP contribution in [0.2, 0.25) is 0 Å². The van der Waals surface area contributed by atoms with Crippen LogP contribution < -0.4 is 0 Å². The van der Waals surface area contributed by atoms with E-state index in [-0.39, 0.29) is 0 Å². The van der Waals surface area contributed by atoms with Crippen molar-refractivity contribution in [2.45, 2.75) is 26.2 Å². The maximum absolute atomic E-state index is 7.86. The van der Waals surface area contributed by atoms with Crippen LogP contribution in [0.4, 0.5) is 0 Å². The summed E-state index contributed by atoms with van der Waals surface area (Å²) in [6.45, 7) is 2.73. The summed E-state index contributed by atoms with van der Waals surface area (Å²) < 4.78 is 0. The molecule has 3 nitrogen and oxygen atoms in total. The third kappa shape index (κ3) is 10.5. The van der Waals surface area contributed by atoms with Crippen LogP contribution in [-0.2, 0) is 9.93 Å². The monoisotopic (exact) mass is 226 g/mol. The molecule has 0 saturated carbocycles. The molecule has 0 rings (SSSR count). The predicted molar refractivity (Wildman–Crippen MR) is 58.7 cm³/mol. The van der Waals surface area contributed by atoms with E-state index in [1.165, 1.54) is 12.2 Å². The summed E-state index contributed by atoms with van der Waals surface area (Å²) in [5.41, 5.74) is 0. The lowest BCUT2D eigenvalue weighted by Crippen LogP contribution is -1.99. The van der Waals surface area contributed by atoms with Gasteiger partial charge in [0.1, 0.15) is 0 Å². The molecular weight excluding hydrogens is 208 g/mol. The zero-order chi connectivity index (χ0) is 9.94. The van der Waals surface area contributed by atoms with Crippen LogP contribution in [-0.4, -0.2) is 23.9 Å². The largest absolute Gasteiger partial charge is 0.221 e. The Bertz CT molecular complexity index is 103. The topological polar surface area (TPSA) is 38.7 Å². The molecule has 0 bridgehead atoms. The minimum atomic E-state index is 0.471. The van der Waals surface area contributed by atoms with E-state index in [0.717, 1.165) is 18.8 Å². The first-order valence-electron chi connectivity index (χ1n) is 4.40. The summed E-state index contributed by atoms with van der Waals surface area (Å²) in [6, 6.07) is 0. The Balaban J connectivity index is 3.03. The molecule has 0 aromatic carbocycles. The highest BCUT2D eigenvalue weighted by atomic mass is 33.1. The summed E-state index contributed by atoms with van der Waals surface area (Å²) in [5.74, 6) is 1.96. The fourth-order valence-corrected chi connectivity index (χ4v) is 2.60. The molecule has 0 heterocycles. The Morgan fingerprint density at radius 1 is 1.38 bits per heavy atom. The molecule has 0 saturated heterocycles. The van der Waals surface area contributed by atoms with E-state index in [2.05, 4.69) is 23.1 Å². The summed E-state index contributed by atoms with van der Waals surface area (Å²) in [7, 11) is 3.72. The zero-order valence-corrected chi connectivity index (χ0v) is 9.83. The van der Waals surface area contributed by atoms with Crippen LogP contribution >= 0.6 is 21.6 Å². The van der Waals surface area contributed by atoms with Crippen molar-refractivity contribution in [3.05, 3.63) is 0 Å². The summed E-state index contributed by atoms with van der Waals surface area (Å²) in [4.78, 5) is 4.34. The van der Waals surface area contributed by atoms with E-state index in [1.807, 2.05) is 21.6 Å². The van der Waals surface area contributed by atoms with Crippen LogP contribution in [0.1, 0.15) is 26.2 Å². The lowest BCUT2D eigenvalue weighted by Gasteiger charge is -2.08. The highest BCUT2D eigenvalue weighted by molar-refractivity contribution is 8.76. The lowest BCUT2D eigenvalue weighted by molar-refractivity contribution is -0.490. The van der Waals surface area contributed by atoms with Crippen molar-refractivity contribution >= 4 is 21.6 Å². The average molecular weight is 226 g/mol. The normalized spacial score (nSPS) is 13.2. The molecule has 0 fully saturated rings. The van der Waals surface area contributed by atoms with Gasteiger partial charge in [-0.2, -0.15) is 0 Å². The highest BCUT2D eigenvalue weighted by Gasteiger charge is 2.01. The first kappa shape index (κ1) is 13.6. The fraction of sp³-hybridized carbons (Fsp3) is 1.00. The Labute approximate surface area is 87.8 Å². The number of unbranched alkanes of at least 4 members (excludes halogenated alkanes) is 1. The zero-order valence-electron chi connectivity index (χ0n) is 8.19. The van der Waals surface area contributed by atoms with E-state index in [1.54, 1.807) is 0 Å². The van der Waals surface area contributed by atoms with Crippen molar-refractivity contribution in [3.8, 4) is 0 Å². The minimum absolute atomic E-state index is 0.471. The van der Waals surface area contributed by atoms with Crippen LogP contribution in [0, 0.1) is 5.92 Å². The van der Waals surface area contributed by atoms with Gasteiger partial charge in [-0.3, -0.25) is 0 Å². The lowest BCUT2D eigenvalue weighted by atomic mass is 10.1. The molecule has 0 aromatic rings. The second-order valence-electron chi connectivity index (χ2n) is 2.95. The van der Waals surface area contributed by atoms with Gasteiger partial charge in [-0.15, -0.1) is 0 Å². The molecule has 0 radical (unpaired) electrons. The van der Waals surface area contributed by atoms with E-state index in [9.17, 15) is 0 Å². The van der Waals surface area contributed by atoms with E-state index in [0.29, 0.717) is 6.61 Å². The minimum Gasteiger partial charge on any atom is -0.221 e. The first-order chi connectivity index (χ1) is 6.31. The van der Waals surface area contributed by atoms with Crippen LogP contribution in [0.15, 0.2) is 0 Å². The van der Waals surface area contributed by atoms with Crippen molar-refractivity contribution in [3.63, 3.8) is 0 Å². The predicted octanol–water partition coefficient (Wildman–Crippen LogP) is 3.23. The number of rotatable bonds is 9. The molecule has 0 spiro atoms. The van der Waals surface area contributed by atoms with Crippen LogP contribution in [0.5, 0.6) is 0 Å². The summed E-state index contributed by atoms with van der Waals surface area (Å²) in [5, 5.41) is 11.4. The third-order valence-electron chi connectivity index (χ3n) is 1.70. The Kier molecular flexibility index (Phi) is 11.1. The molecule has 5 heteroatoms. The molecule has 0 amide bonds. The summed E-state index contributed by atoms with van der Waals surface area (Å²) in [6.07, 6.45) is 5.38. The molecular formula is C8H18O3S2. The van der Waals surface area contributed by atoms with Crippen molar-refractivity contribution < 1.29 is 15.2 Å². The number of hydrogen-bond donors (Lipinski definition) is 1. The second kappa shape index (κ2) is 10.7. The van der Waals surface area contributed by atoms with Crippen molar-refractivity contribution in [1.29, 1.82) is 0 Å². The maximum atomic E-state index is 7.86. The molecule has 1 atom stereocenters. The third-order valence-corrected chi connectivity index (χ3v) is 3.75. The molecule has 0 aromatic heterocycles. The van der Waals surface area contributed by atoms with Gasteiger partial charge in [0.2, 0.25) is 0 Å². The maximum Gasteiger partial charge on any atom is 0.0853 e. The molecule has 13 heavy (non-hydrogen) atoms. The van der Waals surface area contributed by atoms with Crippen molar-refractivity contribution in [1.82, 2.24) is 0 Å². The smallest absolute Gasteiger partial charge is 0.0853 e. The molecule has 0 aliphatic heterocycles. The standard InChI is InChI=1S/C8H18O3S2/c1-8(7-13-12-2)5-3-4-6-10-11-9/h8-9H,3-7H2,1-2H3. The Morgan fingerprint density at radius 2 is 2.15 bits per heavy atom. The van der Waals surface area contributed by atoms with Gasteiger partial charge in [-0.25, -0.2) is 10.1 Å². The Hall–Kier alpha value is 0.580. The molecule has 1 N–H and O–H groups in total. The highest BCUT2D eigenvalue weighted by Crippen LogP contribution is 2.22. The van der Waals surface area contributed by atoms with Gasteiger partial charge in [0, 0.05) is 5.75 Å². The fourth-order valence-electron chi connectivity index (χ4n) is 0.959. The van der Waals surface area contributed by atoms with E-state index in [4.69, 9.17) is 5.26 Å². The SMILES string of the molecule is CSSCC(C)CCCCOOO.